The third-order valence-electron chi connectivity index (χ3n) is 4.75. The van der Waals surface area contributed by atoms with Gasteiger partial charge in [-0.15, -0.1) is 0 Å². The standard InChI is InChI=1S/C18H22BrN3O4S/c1-12-17(13(2)26-21-12)27(24,25)22-8-6-15(7-9-22)18(23)20-11-14-4-3-5-16(19)10-14/h3-5,10,15H,6-9,11H2,1-2H3,(H,20,23). The van der Waals surface area contributed by atoms with Gasteiger partial charge in [0.05, 0.1) is 0 Å². The Hall–Kier alpha value is -1.71. The first-order valence-electron chi connectivity index (χ1n) is 8.74. The summed E-state index contributed by atoms with van der Waals surface area (Å²) in [6.07, 6.45) is 0.986. The maximum absolute atomic E-state index is 12.8. The summed E-state index contributed by atoms with van der Waals surface area (Å²) in [4.78, 5) is 12.6. The van der Waals surface area contributed by atoms with Gasteiger partial charge in [0, 0.05) is 30.0 Å². The first-order valence-corrected chi connectivity index (χ1v) is 11.0. The lowest BCUT2D eigenvalue weighted by Crippen LogP contribution is -2.43. The number of nitrogens with one attached hydrogen (secondary N) is 1. The van der Waals surface area contributed by atoms with Gasteiger partial charge in [-0.25, -0.2) is 8.42 Å². The van der Waals surface area contributed by atoms with Crippen LogP contribution in [-0.4, -0.2) is 36.9 Å². The van der Waals surface area contributed by atoms with Crippen LogP contribution in [0.2, 0.25) is 0 Å². The number of rotatable bonds is 5. The van der Waals surface area contributed by atoms with Gasteiger partial charge in [0.15, 0.2) is 5.76 Å². The average molecular weight is 456 g/mol. The molecule has 0 saturated carbocycles. The Labute approximate surface area is 167 Å². The Morgan fingerprint density at radius 1 is 1.33 bits per heavy atom. The summed E-state index contributed by atoms with van der Waals surface area (Å²) in [5, 5.41) is 6.67. The minimum atomic E-state index is -3.65. The van der Waals surface area contributed by atoms with E-state index in [4.69, 9.17) is 4.52 Å². The summed E-state index contributed by atoms with van der Waals surface area (Å²) in [5.41, 5.74) is 1.37. The zero-order valence-electron chi connectivity index (χ0n) is 15.2. The number of aryl methyl sites for hydroxylation is 2. The lowest BCUT2D eigenvalue weighted by Gasteiger charge is -2.30. The molecule has 0 unspecified atom stereocenters. The largest absolute Gasteiger partial charge is 0.360 e. The van der Waals surface area contributed by atoms with Crippen LogP contribution < -0.4 is 5.32 Å². The van der Waals surface area contributed by atoms with Crippen LogP contribution in [0.4, 0.5) is 0 Å². The van der Waals surface area contributed by atoms with Crippen LogP contribution in [0.15, 0.2) is 38.2 Å². The molecule has 0 spiro atoms. The molecule has 0 aliphatic carbocycles. The van der Waals surface area contributed by atoms with Crippen LogP contribution in [0.1, 0.15) is 29.9 Å². The van der Waals surface area contributed by atoms with E-state index in [9.17, 15) is 13.2 Å². The minimum absolute atomic E-state index is 0.0376. The second kappa shape index (κ2) is 8.12. The van der Waals surface area contributed by atoms with E-state index in [1.807, 2.05) is 24.3 Å². The molecule has 1 aliphatic rings. The van der Waals surface area contributed by atoms with Crippen molar-refractivity contribution in [2.24, 2.45) is 5.92 Å². The van der Waals surface area contributed by atoms with E-state index >= 15 is 0 Å². The van der Waals surface area contributed by atoms with Crippen LogP contribution in [0.25, 0.3) is 0 Å². The van der Waals surface area contributed by atoms with Crippen molar-refractivity contribution in [2.75, 3.05) is 13.1 Å². The highest BCUT2D eigenvalue weighted by Gasteiger charge is 2.35. The van der Waals surface area contributed by atoms with Crippen molar-refractivity contribution in [3.63, 3.8) is 0 Å². The van der Waals surface area contributed by atoms with Gasteiger partial charge in [0.2, 0.25) is 15.9 Å². The zero-order chi connectivity index (χ0) is 19.6. The summed E-state index contributed by atoms with van der Waals surface area (Å²) in [5.74, 6) is 0.0685. The van der Waals surface area contributed by atoms with Gasteiger partial charge >= 0.3 is 0 Å². The van der Waals surface area contributed by atoms with E-state index in [-0.39, 0.29) is 16.7 Å². The molecule has 0 radical (unpaired) electrons. The van der Waals surface area contributed by atoms with Crippen molar-refractivity contribution in [1.29, 1.82) is 0 Å². The second-order valence-corrected chi connectivity index (χ2v) is 9.47. The number of amides is 1. The first kappa shape index (κ1) is 20.0. The molecule has 1 N–H and O–H groups in total. The van der Waals surface area contributed by atoms with Gasteiger partial charge in [-0.3, -0.25) is 4.79 Å². The Balaban J connectivity index is 1.57. The molecule has 146 valence electrons. The molecule has 7 nitrogen and oxygen atoms in total. The van der Waals surface area contributed by atoms with Gasteiger partial charge in [-0.1, -0.05) is 33.2 Å². The Bertz CT molecular complexity index is 914. The molecule has 1 amide bonds. The molecule has 1 saturated heterocycles. The molecule has 3 rings (SSSR count). The number of nitrogens with zero attached hydrogens (tertiary/aromatic N) is 2. The fourth-order valence-electron chi connectivity index (χ4n) is 3.31. The molecule has 1 aliphatic heterocycles. The Kier molecular flexibility index (Phi) is 6.02. The predicted octanol–water partition coefficient (Wildman–Crippen LogP) is 2.77. The van der Waals surface area contributed by atoms with Crippen molar-refractivity contribution in [1.82, 2.24) is 14.8 Å². The maximum atomic E-state index is 12.8. The van der Waals surface area contributed by atoms with Crippen LogP contribution >= 0.6 is 15.9 Å². The van der Waals surface area contributed by atoms with Crippen molar-refractivity contribution >= 4 is 31.9 Å². The Morgan fingerprint density at radius 2 is 2.04 bits per heavy atom. The average Bonchev–Trinajstić information content (AvgIpc) is 2.99. The summed E-state index contributed by atoms with van der Waals surface area (Å²) in [7, 11) is -3.65. The predicted molar refractivity (Wildman–Crippen MR) is 103 cm³/mol. The monoisotopic (exact) mass is 455 g/mol. The number of carbonyl (C=O) groups excluding carboxylic acids is 1. The van der Waals surface area contributed by atoms with Gasteiger partial charge in [-0.2, -0.15) is 4.31 Å². The SMILES string of the molecule is Cc1noc(C)c1S(=O)(=O)N1CCC(C(=O)NCc2cccc(Br)c2)CC1. The third-order valence-corrected chi connectivity index (χ3v) is 7.38. The van der Waals surface area contributed by atoms with E-state index in [0.29, 0.717) is 43.9 Å². The highest BCUT2D eigenvalue weighted by molar-refractivity contribution is 9.10. The normalized spacial score (nSPS) is 16.4. The van der Waals surface area contributed by atoms with Crippen molar-refractivity contribution < 1.29 is 17.7 Å². The molecule has 1 aromatic carbocycles. The highest BCUT2D eigenvalue weighted by atomic mass is 79.9. The molecule has 1 aromatic heterocycles. The number of piperidine rings is 1. The molecule has 9 heteroatoms. The van der Waals surface area contributed by atoms with E-state index in [1.54, 1.807) is 13.8 Å². The lowest BCUT2D eigenvalue weighted by molar-refractivity contribution is -0.126. The smallest absolute Gasteiger partial charge is 0.248 e. The lowest BCUT2D eigenvalue weighted by atomic mass is 9.97. The summed E-state index contributed by atoms with van der Waals surface area (Å²) >= 11 is 3.41. The number of hydrogen-bond acceptors (Lipinski definition) is 5. The van der Waals surface area contributed by atoms with E-state index in [2.05, 4.69) is 26.4 Å². The van der Waals surface area contributed by atoms with E-state index in [1.165, 1.54) is 4.31 Å². The molecule has 27 heavy (non-hydrogen) atoms. The molecule has 2 aromatic rings. The van der Waals surface area contributed by atoms with E-state index in [0.717, 1.165) is 10.0 Å². The Morgan fingerprint density at radius 3 is 2.63 bits per heavy atom. The molecule has 0 atom stereocenters. The molecular formula is C18H22BrN3O4S. The van der Waals surface area contributed by atoms with Gasteiger partial charge in [0.25, 0.3) is 0 Å². The quantitative estimate of drug-likeness (QED) is 0.747. The van der Waals surface area contributed by atoms with Crippen molar-refractivity contribution in [3.8, 4) is 0 Å². The van der Waals surface area contributed by atoms with Crippen LogP contribution in [-0.2, 0) is 21.4 Å². The summed E-state index contributed by atoms with van der Waals surface area (Å²) < 4.78 is 33.0. The van der Waals surface area contributed by atoms with Crippen LogP contribution in [0, 0.1) is 19.8 Å². The summed E-state index contributed by atoms with van der Waals surface area (Å²) in [6, 6.07) is 7.76. The fourth-order valence-corrected chi connectivity index (χ4v) is 5.52. The first-order chi connectivity index (χ1) is 12.8. The molecule has 0 bridgehead atoms. The zero-order valence-corrected chi connectivity index (χ0v) is 17.6. The maximum Gasteiger partial charge on any atom is 0.248 e. The van der Waals surface area contributed by atoms with Gasteiger partial charge in [-0.05, 0) is 44.4 Å². The number of hydrogen-bond donors (Lipinski definition) is 1. The highest BCUT2D eigenvalue weighted by Crippen LogP contribution is 2.27. The van der Waals surface area contributed by atoms with Crippen molar-refractivity contribution in [3.05, 3.63) is 45.8 Å². The fraction of sp³-hybridized carbons (Fsp3) is 0.444. The van der Waals surface area contributed by atoms with Crippen LogP contribution in [0.5, 0.6) is 0 Å². The number of aromatic nitrogens is 1. The topological polar surface area (TPSA) is 92.5 Å². The number of benzene rings is 1. The molecular weight excluding hydrogens is 434 g/mol. The second-order valence-electron chi connectivity index (χ2n) is 6.68. The van der Waals surface area contributed by atoms with Gasteiger partial charge in [0.1, 0.15) is 10.6 Å². The molecule has 2 heterocycles. The van der Waals surface area contributed by atoms with Gasteiger partial charge < -0.3 is 9.84 Å². The number of halogens is 1. The molecule has 1 fully saturated rings. The number of carbonyl (C=O) groups is 1. The van der Waals surface area contributed by atoms with E-state index < -0.39 is 10.0 Å². The third kappa shape index (κ3) is 4.41. The van der Waals surface area contributed by atoms with Crippen molar-refractivity contribution in [2.45, 2.75) is 38.1 Å². The van der Waals surface area contributed by atoms with Crippen LogP contribution in [0.3, 0.4) is 0 Å². The summed E-state index contributed by atoms with van der Waals surface area (Å²) in [6.45, 7) is 4.28. The minimum Gasteiger partial charge on any atom is -0.360 e. The number of sulfonamides is 1.